The first-order chi connectivity index (χ1) is 9.59. The fraction of sp³-hybridized carbons (Fsp3) is 0.353. The lowest BCUT2D eigenvalue weighted by atomic mass is 9.76. The van der Waals surface area contributed by atoms with Gasteiger partial charge < -0.3 is 9.67 Å². The van der Waals surface area contributed by atoms with Crippen LogP contribution in [0.25, 0.3) is 16.5 Å². The average Bonchev–Trinajstić information content (AvgIpc) is 2.59. The molecule has 0 bridgehead atoms. The first-order valence-electron chi connectivity index (χ1n) is 7.08. The van der Waals surface area contributed by atoms with E-state index in [0.717, 1.165) is 40.6 Å². The van der Waals surface area contributed by atoms with Crippen LogP contribution >= 0.6 is 0 Å². The number of para-hydroxylation sites is 1. The summed E-state index contributed by atoms with van der Waals surface area (Å²) in [7, 11) is 2.04. The molecule has 3 nitrogen and oxygen atoms in total. The van der Waals surface area contributed by atoms with Crippen LogP contribution < -0.4 is 0 Å². The number of nitrogens with zero attached hydrogens (tertiary/aromatic N) is 1. The number of benzene rings is 1. The molecule has 1 aromatic heterocycles. The zero-order valence-electron chi connectivity index (χ0n) is 11.9. The number of rotatable bonds is 3. The number of allylic oxidation sites excluding steroid dienone is 1. The summed E-state index contributed by atoms with van der Waals surface area (Å²) in [4.78, 5) is 11.2. The number of carboxylic acid groups (broad SMARTS) is 1. The van der Waals surface area contributed by atoms with E-state index >= 15 is 0 Å². The van der Waals surface area contributed by atoms with Gasteiger partial charge in [0.15, 0.2) is 0 Å². The topological polar surface area (TPSA) is 42.2 Å². The van der Waals surface area contributed by atoms with Gasteiger partial charge in [-0.1, -0.05) is 24.6 Å². The molecule has 0 atom stereocenters. The number of aryl methyl sites for hydroxylation is 1. The highest BCUT2D eigenvalue weighted by Gasteiger charge is 2.27. The maximum absolute atomic E-state index is 11.2. The molecule has 2 aromatic rings. The van der Waals surface area contributed by atoms with Crippen LogP contribution in [0.15, 0.2) is 30.3 Å². The highest BCUT2D eigenvalue weighted by atomic mass is 16.4. The molecule has 1 saturated carbocycles. The van der Waals surface area contributed by atoms with Gasteiger partial charge in [0, 0.05) is 35.3 Å². The Balaban J connectivity index is 2.25. The zero-order valence-corrected chi connectivity index (χ0v) is 11.9. The van der Waals surface area contributed by atoms with E-state index in [1.54, 1.807) is 0 Å². The molecular formula is C17H19NO2. The second-order valence-electron chi connectivity index (χ2n) is 5.60. The third kappa shape index (κ3) is 1.94. The molecule has 1 aromatic carbocycles. The van der Waals surface area contributed by atoms with Crippen molar-refractivity contribution in [2.75, 3.05) is 0 Å². The van der Waals surface area contributed by atoms with Crippen molar-refractivity contribution in [2.24, 2.45) is 13.0 Å². The molecule has 1 aliphatic carbocycles. The minimum Gasteiger partial charge on any atom is -0.478 e. The molecule has 104 valence electrons. The first kappa shape index (κ1) is 13.0. The largest absolute Gasteiger partial charge is 0.478 e. The van der Waals surface area contributed by atoms with Gasteiger partial charge >= 0.3 is 5.97 Å². The number of fused-ring (bicyclic) bond motifs is 1. The van der Waals surface area contributed by atoms with Crippen LogP contribution in [0.2, 0.25) is 0 Å². The van der Waals surface area contributed by atoms with Crippen molar-refractivity contribution >= 4 is 22.4 Å². The summed E-state index contributed by atoms with van der Waals surface area (Å²) in [5, 5.41) is 10.4. The Bertz CT molecular complexity index is 705. The molecule has 0 radical (unpaired) electrons. The van der Waals surface area contributed by atoms with E-state index in [0.29, 0.717) is 5.92 Å². The van der Waals surface area contributed by atoms with E-state index in [1.807, 2.05) is 19.2 Å². The fourth-order valence-electron chi connectivity index (χ4n) is 3.13. The monoisotopic (exact) mass is 269 g/mol. The Kier molecular flexibility index (Phi) is 3.13. The summed E-state index contributed by atoms with van der Waals surface area (Å²) >= 11 is 0. The maximum atomic E-state index is 11.2. The van der Waals surface area contributed by atoms with Crippen LogP contribution in [0.5, 0.6) is 0 Å². The number of aromatic nitrogens is 1. The van der Waals surface area contributed by atoms with E-state index in [4.69, 9.17) is 0 Å². The third-order valence-corrected chi connectivity index (χ3v) is 4.51. The van der Waals surface area contributed by atoms with Gasteiger partial charge in [-0.15, -0.1) is 0 Å². The second-order valence-corrected chi connectivity index (χ2v) is 5.60. The van der Waals surface area contributed by atoms with Gasteiger partial charge in [-0.25, -0.2) is 4.79 Å². The van der Waals surface area contributed by atoms with Crippen LogP contribution in [0, 0.1) is 12.8 Å². The standard InChI is InChI=1S/C17H19NO2/c1-11-17(13-8-3-4-9-15(13)18(11)2)14(10-16(19)20)12-6-5-7-12/h3-4,8-10,12H,5-7H2,1-2H3,(H,19,20)/b14-10+. The predicted molar refractivity (Wildman–Crippen MR) is 80.6 cm³/mol. The average molecular weight is 269 g/mol. The summed E-state index contributed by atoms with van der Waals surface area (Å²) < 4.78 is 2.15. The van der Waals surface area contributed by atoms with Crippen molar-refractivity contribution in [3.05, 3.63) is 41.6 Å². The molecule has 3 heteroatoms. The van der Waals surface area contributed by atoms with Crippen LogP contribution in [-0.4, -0.2) is 15.6 Å². The lowest BCUT2D eigenvalue weighted by Gasteiger charge is -2.28. The number of carbonyl (C=O) groups is 1. The van der Waals surface area contributed by atoms with Crippen molar-refractivity contribution < 1.29 is 9.90 Å². The smallest absolute Gasteiger partial charge is 0.328 e. The molecule has 0 unspecified atom stereocenters. The minimum atomic E-state index is -0.848. The quantitative estimate of drug-likeness (QED) is 0.862. The Morgan fingerprint density at radius 3 is 2.65 bits per heavy atom. The van der Waals surface area contributed by atoms with Gasteiger partial charge in [0.2, 0.25) is 0 Å². The normalized spacial score (nSPS) is 16.4. The molecule has 0 amide bonds. The molecule has 0 saturated heterocycles. The first-order valence-corrected chi connectivity index (χ1v) is 7.08. The van der Waals surface area contributed by atoms with Crippen molar-refractivity contribution in [3.63, 3.8) is 0 Å². The predicted octanol–water partition coefficient (Wildman–Crippen LogP) is 3.75. The van der Waals surface area contributed by atoms with E-state index in [2.05, 4.69) is 23.6 Å². The Hall–Kier alpha value is -2.03. The molecule has 1 heterocycles. The van der Waals surface area contributed by atoms with Crippen LogP contribution in [0.1, 0.15) is 30.5 Å². The Morgan fingerprint density at radius 1 is 1.35 bits per heavy atom. The van der Waals surface area contributed by atoms with Gasteiger partial charge in [-0.2, -0.15) is 0 Å². The Morgan fingerprint density at radius 2 is 2.05 bits per heavy atom. The molecule has 1 aliphatic rings. The highest BCUT2D eigenvalue weighted by molar-refractivity contribution is 6.00. The number of hydrogen-bond acceptors (Lipinski definition) is 1. The molecule has 0 aliphatic heterocycles. The van der Waals surface area contributed by atoms with Crippen molar-refractivity contribution in [1.82, 2.24) is 4.57 Å². The molecule has 1 N–H and O–H groups in total. The van der Waals surface area contributed by atoms with E-state index < -0.39 is 5.97 Å². The molecular weight excluding hydrogens is 250 g/mol. The van der Waals surface area contributed by atoms with Crippen molar-refractivity contribution in [3.8, 4) is 0 Å². The van der Waals surface area contributed by atoms with Gasteiger partial charge in [0.25, 0.3) is 0 Å². The van der Waals surface area contributed by atoms with Gasteiger partial charge in [-0.05, 0) is 37.3 Å². The van der Waals surface area contributed by atoms with Gasteiger partial charge in [0.05, 0.1) is 0 Å². The van der Waals surface area contributed by atoms with E-state index in [9.17, 15) is 9.90 Å². The molecule has 3 rings (SSSR count). The highest BCUT2D eigenvalue weighted by Crippen LogP contribution is 2.42. The summed E-state index contributed by atoms with van der Waals surface area (Å²) in [6.07, 6.45) is 4.81. The molecule has 1 fully saturated rings. The van der Waals surface area contributed by atoms with E-state index in [-0.39, 0.29) is 0 Å². The fourth-order valence-corrected chi connectivity index (χ4v) is 3.13. The number of carboxylic acids is 1. The molecule has 0 spiro atoms. The second kappa shape index (κ2) is 4.82. The lowest BCUT2D eigenvalue weighted by Crippen LogP contribution is -2.14. The molecule has 20 heavy (non-hydrogen) atoms. The summed E-state index contributed by atoms with van der Waals surface area (Å²) in [6, 6.07) is 8.22. The number of hydrogen-bond donors (Lipinski definition) is 1. The van der Waals surface area contributed by atoms with E-state index in [1.165, 1.54) is 12.5 Å². The summed E-state index contributed by atoms with van der Waals surface area (Å²) in [5.74, 6) is -0.449. The third-order valence-electron chi connectivity index (χ3n) is 4.51. The van der Waals surface area contributed by atoms with Gasteiger partial charge in [0.1, 0.15) is 0 Å². The SMILES string of the molecule is Cc1c(/C(=C/C(=O)O)C2CCC2)c2ccccc2n1C. The zero-order chi connectivity index (χ0) is 14.3. The Labute approximate surface area is 118 Å². The lowest BCUT2D eigenvalue weighted by molar-refractivity contribution is -0.131. The summed E-state index contributed by atoms with van der Waals surface area (Å²) in [5.41, 5.74) is 4.43. The minimum absolute atomic E-state index is 0.399. The van der Waals surface area contributed by atoms with Crippen LogP contribution in [-0.2, 0) is 11.8 Å². The maximum Gasteiger partial charge on any atom is 0.328 e. The van der Waals surface area contributed by atoms with Crippen molar-refractivity contribution in [2.45, 2.75) is 26.2 Å². The summed E-state index contributed by atoms with van der Waals surface area (Å²) in [6.45, 7) is 2.07. The van der Waals surface area contributed by atoms with Crippen molar-refractivity contribution in [1.29, 1.82) is 0 Å². The van der Waals surface area contributed by atoms with Crippen LogP contribution in [0.4, 0.5) is 0 Å². The number of aliphatic carboxylic acids is 1. The van der Waals surface area contributed by atoms with Gasteiger partial charge in [-0.3, -0.25) is 0 Å². The van der Waals surface area contributed by atoms with Crippen LogP contribution in [0.3, 0.4) is 0 Å².